The van der Waals surface area contributed by atoms with E-state index in [1.807, 2.05) is 12.1 Å². The van der Waals surface area contributed by atoms with Crippen molar-refractivity contribution in [1.82, 2.24) is 0 Å². The van der Waals surface area contributed by atoms with Gasteiger partial charge in [-0.3, -0.25) is 0 Å². The molecule has 0 aliphatic heterocycles. The minimum atomic E-state index is 0.794. The third-order valence-corrected chi connectivity index (χ3v) is 2.66. The minimum Gasteiger partial charge on any atom is -0.0843 e. The fourth-order valence-electron chi connectivity index (χ4n) is 1.66. The van der Waals surface area contributed by atoms with E-state index >= 15 is 0 Å². The first-order chi connectivity index (χ1) is 7.24. The Hall–Kier alpha value is -1.27. The molecule has 0 N–H and O–H groups in total. The van der Waals surface area contributed by atoms with Crippen LogP contribution in [0.2, 0.25) is 5.02 Å². The second-order valence-electron chi connectivity index (χ2n) is 3.79. The second kappa shape index (κ2) is 4.50. The molecular formula is C14H13Cl. The van der Waals surface area contributed by atoms with Gasteiger partial charge in [-0.2, -0.15) is 0 Å². The van der Waals surface area contributed by atoms with Crippen molar-refractivity contribution < 1.29 is 0 Å². The number of hydrogen-bond donors (Lipinski definition) is 0. The Morgan fingerprint density at radius 3 is 2.33 bits per heavy atom. The van der Waals surface area contributed by atoms with E-state index in [2.05, 4.69) is 43.3 Å². The van der Waals surface area contributed by atoms with Crippen LogP contribution in [0.3, 0.4) is 0 Å². The van der Waals surface area contributed by atoms with Gasteiger partial charge in [0, 0.05) is 5.02 Å². The molecule has 2 rings (SSSR count). The van der Waals surface area contributed by atoms with Crippen LogP contribution in [-0.2, 0) is 6.42 Å². The molecule has 0 unspecified atom stereocenters. The largest absolute Gasteiger partial charge is 0.0843 e. The van der Waals surface area contributed by atoms with Crippen molar-refractivity contribution in [2.45, 2.75) is 13.3 Å². The predicted molar refractivity (Wildman–Crippen MR) is 65.4 cm³/mol. The van der Waals surface area contributed by atoms with Gasteiger partial charge in [-0.25, -0.2) is 0 Å². The summed E-state index contributed by atoms with van der Waals surface area (Å²) in [6.45, 7) is 2.12. The fourth-order valence-corrected chi connectivity index (χ4v) is 1.79. The smallest absolute Gasteiger partial charge is 0.0406 e. The molecule has 2 aromatic rings. The fraction of sp³-hybridized carbons (Fsp3) is 0.143. The van der Waals surface area contributed by atoms with Crippen molar-refractivity contribution in [2.75, 3.05) is 0 Å². The molecule has 0 radical (unpaired) electrons. The van der Waals surface area contributed by atoms with Crippen molar-refractivity contribution in [3.05, 3.63) is 70.2 Å². The minimum absolute atomic E-state index is 0.794. The first kappa shape index (κ1) is 10.3. The van der Waals surface area contributed by atoms with Gasteiger partial charge < -0.3 is 0 Å². The number of halogens is 1. The topological polar surface area (TPSA) is 0 Å². The summed E-state index contributed by atoms with van der Waals surface area (Å²) >= 11 is 5.84. The van der Waals surface area contributed by atoms with Gasteiger partial charge >= 0.3 is 0 Å². The zero-order chi connectivity index (χ0) is 10.7. The van der Waals surface area contributed by atoms with Crippen molar-refractivity contribution in [3.8, 4) is 0 Å². The molecule has 0 saturated carbocycles. The van der Waals surface area contributed by atoms with Gasteiger partial charge in [0.25, 0.3) is 0 Å². The van der Waals surface area contributed by atoms with E-state index in [-0.39, 0.29) is 0 Å². The highest BCUT2D eigenvalue weighted by atomic mass is 35.5. The Morgan fingerprint density at radius 1 is 0.933 bits per heavy atom. The van der Waals surface area contributed by atoms with Gasteiger partial charge in [0.1, 0.15) is 0 Å². The van der Waals surface area contributed by atoms with Gasteiger partial charge in [0.15, 0.2) is 0 Å². The molecule has 2 aromatic carbocycles. The van der Waals surface area contributed by atoms with E-state index in [1.165, 1.54) is 16.7 Å². The van der Waals surface area contributed by atoms with E-state index in [0.29, 0.717) is 0 Å². The van der Waals surface area contributed by atoms with Crippen molar-refractivity contribution >= 4 is 11.6 Å². The lowest BCUT2D eigenvalue weighted by Gasteiger charge is -2.03. The molecule has 0 saturated heterocycles. The van der Waals surface area contributed by atoms with Crippen LogP contribution in [0.25, 0.3) is 0 Å². The molecule has 0 aromatic heterocycles. The average Bonchev–Trinajstić information content (AvgIpc) is 2.22. The third kappa shape index (κ3) is 2.84. The Balaban J connectivity index is 2.18. The summed E-state index contributed by atoms with van der Waals surface area (Å²) < 4.78 is 0. The molecule has 0 bridgehead atoms. The summed E-state index contributed by atoms with van der Waals surface area (Å²) in [5.74, 6) is 0. The van der Waals surface area contributed by atoms with E-state index in [1.54, 1.807) is 0 Å². The van der Waals surface area contributed by atoms with Crippen LogP contribution in [0.15, 0.2) is 48.5 Å². The molecule has 0 spiro atoms. The maximum absolute atomic E-state index is 5.84. The molecule has 1 heteroatoms. The summed E-state index contributed by atoms with van der Waals surface area (Å²) in [5, 5.41) is 0.794. The average molecular weight is 217 g/mol. The molecule has 0 fully saturated rings. The lowest BCUT2D eigenvalue weighted by Crippen LogP contribution is -1.88. The number of hydrogen-bond acceptors (Lipinski definition) is 0. The van der Waals surface area contributed by atoms with E-state index in [0.717, 1.165) is 11.4 Å². The molecule has 0 aliphatic rings. The maximum atomic E-state index is 5.84. The molecule has 0 heterocycles. The summed E-state index contributed by atoms with van der Waals surface area (Å²) in [7, 11) is 0. The molecule has 0 atom stereocenters. The zero-order valence-electron chi connectivity index (χ0n) is 8.70. The highest BCUT2D eigenvalue weighted by Crippen LogP contribution is 2.14. The number of rotatable bonds is 2. The van der Waals surface area contributed by atoms with Crippen LogP contribution < -0.4 is 0 Å². The highest BCUT2D eigenvalue weighted by molar-refractivity contribution is 6.30. The number of benzene rings is 2. The summed E-state index contributed by atoms with van der Waals surface area (Å²) in [6.07, 6.45) is 0.971. The van der Waals surface area contributed by atoms with Gasteiger partial charge in [-0.1, -0.05) is 53.6 Å². The van der Waals surface area contributed by atoms with Crippen LogP contribution in [-0.4, -0.2) is 0 Å². The molecule has 0 aliphatic carbocycles. The normalized spacial score (nSPS) is 10.3. The Bertz CT molecular complexity index is 443. The number of aryl methyl sites for hydroxylation is 1. The maximum Gasteiger partial charge on any atom is 0.0406 e. The lowest BCUT2D eigenvalue weighted by atomic mass is 10.0. The second-order valence-corrected chi connectivity index (χ2v) is 4.23. The summed E-state index contributed by atoms with van der Waals surface area (Å²) in [6, 6.07) is 16.6. The zero-order valence-corrected chi connectivity index (χ0v) is 9.46. The third-order valence-electron chi connectivity index (χ3n) is 2.40. The van der Waals surface area contributed by atoms with Crippen molar-refractivity contribution in [1.29, 1.82) is 0 Å². The quantitative estimate of drug-likeness (QED) is 0.705. The first-order valence-corrected chi connectivity index (χ1v) is 5.42. The monoisotopic (exact) mass is 216 g/mol. The highest BCUT2D eigenvalue weighted by Gasteiger charge is 1.96. The summed E-state index contributed by atoms with van der Waals surface area (Å²) in [4.78, 5) is 0. The van der Waals surface area contributed by atoms with E-state index in [9.17, 15) is 0 Å². The van der Waals surface area contributed by atoms with Gasteiger partial charge in [0.05, 0.1) is 0 Å². The van der Waals surface area contributed by atoms with Crippen LogP contribution in [0, 0.1) is 6.92 Å². The van der Waals surface area contributed by atoms with Crippen LogP contribution >= 0.6 is 11.6 Å². The summed E-state index contributed by atoms with van der Waals surface area (Å²) in [5.41, 5.74) is 3.95. The van der Waals surface area contributed by atoms with Gasteiger partial charge in [-0.15, -0.1) is 0 Å². The SMILES string of the molecule is Cc1cccc(Cc2ccc(Cl)cc2)c1. The first-order valence-electron chi connectivity index (χ1n) is 5.04. The Morgan fingerprint density at radius 2 is 1.67 bits per heavy atom. The Kier molecular flexibility index (Phi) is 3.08. The Labute approximate surface area is 95.5 Å². The van der Waals surface area contributed by atoms with Gasteiger partial charge in [0.2, 0.25) is 0 Å². The predicted octanol–water partition coefficient (Wildman–Crippen LogP) is 4.24. The van der Waals surface area contributed by atoms with Crippen molar-refractivity contribution in [2.24, 2.45) is 0 Å². The van der Waals surface area contributed by atoms with Gasteiger partial charge in [-0.05, 0) is 36.6 Å². The molecular weight excluding hydrogens is 204 g/mol. The van der Waals surface area contributed by atoms with Crippen LogP contribution in [0.4, 0.5) is 0 Å². The lowest BCUT2D eigenvalue weighted by molar-refractivity contribution is 1.18. The molecule has 76 valence electrons. The van der Waals surface area contributed by atoms with Crippen LogP contribution in [0.1, 0.15) is 16.7 Å². The van der Waals surface area contributed by atoms with Crippen LogP contribution in [0.5, 0.6) is 0 Å². The molecule has 0 nitrogen and oxygen atoms in total. The standard InChI is InChI=1S/C14H13Cl/c1-11-3-2-4-13(9-11)10-12-5-7-14(15)8-6-12/h2-9H,10H2,1H3. The van der Waals surface area contributed by atoms with E-state index < -0.39 is 0 Å². The van der Waals surface area contributed by atoms with Crippen molar-refractivity contribution in [3.63, 3.8) is 0 Å². The molecule has 0 amide bonds. The molecule has 15 heavy (non-hydrogen) atoms. The van der Waals surface area contributed by atoms with E-state index in [4.69, 9.17) is 11.6 Å².